The normalized spacial score (nSPS) is 17.6. The molecule has 0 N–H and O–H groups in total. The Morgan fingerprint density at radius 1 is 1.29 bits per heavy atom. The Hall–Kier alpha value is -0.890. The van der Waals surface area contributed by atoms with Crippen molar-refractivity contribution in [2.75, 3.05) is 13.1 Å². The lowest BCUT2D eigenvalue weighted by Gasteiger charge is -2.16. The summed E-state index contributed by atoms with van der Waals surface area (Å²) in [6.07, 6.45) is 2.57. The van der Waals surface area contributed by atoms with Crippen LogP contribution in [0.1, 0.15) is 24.0 Å². The van der Waals surface area contributed by atoms with Crippen molar-refractivity contribution in [3.63, 3.8) is 0 Å². The summed E-state index contributed by atoms with van der Waals surface area (Å²) in [7, 11) is 0. The molecule has 2 heteroatoms. The third kappa shape index (κ3) is 2.13. The Balaban J connectivity index is 2.10. The van der Waals surface area contributed by atoms with Gasteiger partial charge in [0.05, 0.1) is 0 Å². The van der Waals surface area contributed by atoms with Gasteiger partial charge in [0.1, 0.15) is 5.82 Å². The number of benzene rings is 1. The van der Waals surface area contributed by atoms with Crippen molar-refractivity contribution in [1.82, 2.24) is 4.90 Å². The molecule has 0 saturated carbocycles. The van der Waals surface area contributed by atoms with E-state index in [0.717, 1.165) is 25.2 Å². The molecule has 0 radical (unpaired) electrons. The highest BCUT2D eigenvalue weighted by Gasteiger charge is 2.12. The van der Waals surface area contributed by atoms with Crippen LogP contribution in [0.4, 0.5) is 4.39 Å². The van der Waals surface area contributed by atoms with E-state index >= 15 is 0 Å². The van der Waals surface area contributed by atoms with E-state index in [0.29, 0.717) is 0 Å². The molecule has 14 heavy (non-hydrogen) atoms. The van der Waals surface area contributed by atoms with Gasteiger partial charge >= 0.3 is 0 Å². The van der Waals surface area contributed by atoms with Crippen LogP contribution < -0.4 is 0 Å². The summed E-state index contributed by atoms with van der Waals surface area (Å²) in [5.74, 6) is -0.121. The van der Waals surface area contributed by atoms with Gasteiger partial charge in [-0.25, -0.2) is 4.39 Å². The quantitative estimate of drug-likeness (QED) is 0.698. The van der Waals surface area contributed by atoms with E-state index in [2.05, 4.69) is 4.90 Å². The first kappa shape index (κ1) is 9.66. The van der Waals surface area contributed by atoms with Crippen LogP contribution in [0, 0.1) is 12.7 Å². The van der Waals surface area contributed by atoms with Crippen molar-refractivity contribution in [2.45, 2.75) is 26.3 Å². The highest BCUT2D eigenvalue weighted by Crippen LogP contribution is 2.16. The van der Waals surface area contributed by atoms with Crippen LogP contribution in [-0.4, -0.2) is 18.0 Å². The van der Waals surface area contributed by atoms with Crippen molar-refractivity contribution < 1.29 is 4.39 Å². The van der Waals surface area contributed by atoms with Crippen LogP contribution in [0.25, 0.3) is 0 Å². The Bertz CT molecular complexity index is 316. The van der Waals surface area contributed by atoms with Gasteiger partial charge in [-0.3, -0.25) is 4.90 Å². The fourth-order valence-electron chi connectivity index (χ4n) is 1.99. The second-order valence-electron chi connectivity index (χ2n) is 4.05. The molecular weight excluding hydrogens is 177 g/mol. The fourth-order valence-corrected chi connectivity index (χ4v) is 1.99. The van der Waals surface area contributed by atoms with E-state index in [1.165, 1.54) is 24.5 Å². The van der Waals surface area contributed by atoms with E-state index in [4.69, 9.17) is 0 Å². The minimum absolute atomic E-state index is 0.121. The molecule has 0 bridgehead atoms. The molecule has 2 rings (SSSR count). The first-order chi connectivity index (χ1) is 6.75. The third-order valence-electron chi connectivity index (χ3n) is 2.90. The van der Waals surface area contributed by atoms with Crippen molar-refractivity contribution >= 4 is 0 Å². The molecule has 1 nitrogen and oxygen atoms in total. The number of aryl methyl sites for hydroxylation is 1. The van der Waals surface area contributed by atoms with E-state index in [9.17, 15) is 4.39 Å². The Morgan fingerprint density at radius 3 is 2.71 bits per heavy atom. The number of halogens is 1. The average Bonchev–Trinajstić information content (AvgIpc) is 2.64. The van der Waals surface area contributed by atoms with E-state index < -0.39 is 0 Å². The fraction of sp³-hybridized carbons (Fsp3) is 0.500. The molecule has 1 heterocycles. The van der Waals surface area contributed by atoms with Gasteiger partial charge in [-0.2, -0.15) is 0 Å². The summed E-state index contributed by atoms with van der Waals surface area (Å²) >= 11 is 0. The van der Waals surface area contributed by atoms with Crippen molar-refractivity contribution in [3.05, 3.63) is 35.1 Å². The standard InChI is InChI=1S/C12H16FN/c1-10-4-5-12(13)8-11(10)9-14-6-2-3-7-14/h4-5,8H,2-3,6-7,9H2,1H3. The molecule has 76 valence electrons. The number of nitrogens with zero attached hydrogens (tertiary/aromatic N) is 1. The van der Waals surface area contributed by atoms with Gasteiger partial charge in [0, 0.05) is 6.54 Å². The lowest BCUT2D eigenvalue weighted by atomic mass is 10.1. The summed E-state index contributed by atoms with van der Waals surface area (Å²) < 4.78 is 13.0. The molecule has 0 unspecified atom stereocenters. The SMILES string of the molecule is Cc1ccc(F)cc1CN1CCCC1. The monoisotopic (exact) mass is 193 g/mol. The van der Waals surface area contributed by atoms with E-state index in [-0.39, 0.29) is 5.82 Å². The summed E-state index contributed by atoms with van der Waals surface area (Å²) in [6.45, 7) is 5.28. The third-order valence-corrected chi connectivity index (χ3v) is 2.90. The van der Waals surface area contributed by atoms with Crippen LogP contribution in [0.3, 0.4) is 0 Å². The molecule has 1 aliphatic heterocycles. The zero-order valence-corrected chi connectivity index (χ0v) is 8.59. The topological polar surface area (TPSA) is 3.24 Å². The first-order valence-electron chi connectivity index (χ1n) is 5.23. The van der Waals surface area contributed by atoms with E-state index in [1.54, 1.807) is 6.07 Å². The minimum Gasteiger partial charge on any atom is -0.299 e. The predicted molar refractivity (Wildman–Crippen MR) is 55.6 cm³/mol. The average molecular weight is 193 g/mol. The molecule has 0 spiro atoms. The smallest absolute Gasteiger partial charge is 0.123 e. The highest BCUT2D eigenvalue weighted by atomic mass is 19.1. The Kier molecular flexibility index (Phi) is 2.82. The van der Waals surface area contributed by atoms with Crippen LogP contribution in [0.15, 0.2) is 18.2 Å². The largest absolute Gasteiger partial charge is 0.299 e. The molecule has 1 fully saturated rings. The summed E-state index contributed by atoms with van der Waals surface area (Å²) in [5.41, 5.74) is 2.32. The highest BCUT2D eigenvalue weighted by molar-refractivity contribution is 5.26. The molecule has 0 atom stereocenters. The number of hydrogen-bond donors (Lipinski definition) is 0. The van der Waals surface area contributed by atoms with Gasteiger partial charge in [-0.15, -0.1) is 0 Å². The predicted octanol–water partition coefficient (Wildman–Crippen LogP) is 2.73. The molecule has 1 aromatic carbocycles. The zero-order valence-electron chi connectivity index (χ0n) is 8.59. The Morgan fingerprint density at radius 2 is 2.00 bits per heavy atom. The first-order valence-corrected chi connectivity index (χ1v) is 5.23. The number of likely N-dealkylation sites (tertiary alicyclic amines) is 1. The summed E-state index contributed by atoms with van der Waals surface area (Å²) in [5, 5.41) is 0. The van der Waals surface area contributed by atoms with Crippen molar-refractivity contribution in [1.29, 1.82) is 0 Å². The van der Waals surface area contributed by atoms with E-state index in [1.807, 2.05) is 13.0 Å². The van der Waals surface area contributed by atoms with Crippen LogP contribution in [-0.2, 0) is 6.54 Å². The molecule has 0 aliphatic carbocycles. The molecule has 1 aliphatic rings. The second-order valence-corrected chi connectivity index (χ2v) is 4.05. The summed E-state index contributed by atoms with van der Waals surface area (Å²) in [4.78, 5) is 2.39. The molecule has 0 aromatic heterocycles. The molecule has 1 aromatic rings. The maximum absolute atomic E-state index is 13.0. The lowest BCUT2D eigenvalue weighted by Crippen LogP contribution is -2.19. The maximum Gasteiger partial charge on any atom is 0.123 e. The second kappa shape index (κ2) is 4.09. The maximum atomic E-state index is 13.0. The number of rotatable bonds is 2. The molecular formula is C12H16FN. The van der Waals surface area contributed by atoms with Gasteiger partial charge < -0.3 is 0 Å². The number of hydrogen-bond acceptors (Lipinski definition) is 1. The minimum atomic E-state index is -0.121. The van der Waals surface area contributed by atoms with Gasteiger partial charge in [0.2, 0.25) is 0 Å². The van der Waals surface area contributed by atoms with Gasteiger partial charge in [-0.05, 0) is 56.1 Å². The van der Waals surface area contributed by atoms with Crippen molar-refractivity contribution in [3.8, 4) is 0 Å². The molecule has 0 amide bonds. The van der Waals surface area contributed by atoms with Crippen molar-refractivity contribution in [2.24, 2.45) is 0 Å². The Labute approximate surface area is 84.5 Å². The van der Waals surface area contributed by atoms with Crippen LogP contribution in [0.5, 0.6) is 0 Å². The summed E-state index contributed by atoms with van der Waals surface area (Å²) in [6, 6.07) is 5.05. The van der Waals surface area contributed by atoms with Crippen LogP contribution in [0.2, 0.25) is 0 Å². The van der Waals surface area contributed by atoms with Gasteiger partial charge in [0.15, 0.2) is 0 Å². The zero-order chi connectivity index (χ0) is 9.97. The molecule has 1 saturated heterocycles. The van der Waals surface area contributed by atoms with Gasteiger partial charge in [-0.1, -0.05) is 6.07 Å². The van der Waals surface area contributed by atoms with Gasteiger partial charge in [0.25, 0.3) is 0 Å². The lowest BCUT2D eigenvalue weighted by molar-refractivity contribution is 0.330. The van der Waals surface area contributed by atoms with Crippen LogP contribution >= 0.6 is 0 Å².